The van der Waals surface area contributed by atoms with E-state index in [1.807, 2.05) is 80.6 Å². The van der Waals surface area contributed by atoms with Crippen molar-refractivity contribution in [3.05, 3.63) is 114 Å². The van der Waals surface area contributed by atoms with Gasteiger partial charge in [0.1, 0.15) is 10.7 Å². The fourth-order valence-corrected chi connectivity index (χ4v) is 5.16. The Morgan fingerprint density at radius 2 is 1.74 bits per heavy atom. The molecule has 0 aliphatic carbocycles. The number of rotatable bonds is 4. The van der Waals surface area contributed by atoms with Crippen LogP contribution >= 0.6 is 27.3 Å². The molecule has 0 atom stereocenters. The van der Waals surface area contributed by atoms with Crippen molar-refractivity contribution in [2.75, 3.05) is 5.32 Å². The highest BCUT2D eigenvalue weighted by Crippen LogP contribution is 2.15. The molecule has 0 aliphatic rings. The highest BCUT2D eigenvalue weighted by atomic mass is 79.9. The van der Waals surface area contributed by atoms with Gasteiger partial charge in [0, 0.05) is 10.2 Å². The summed E-state index contributed by atoms with van der Waals surface area (Å²) < 4.78 is 3.01. The third-order valence-corrected chi connectivity index (χ3v) is 6.60. The number of anilines is 1. The normalized spacial score (nSPS) is 12.2. The first-order valence-electron chi connectivity index (χ1n) is 10.4. The zero-order chi connectivity index (χ0) is 24.2. The summed E-state index contributed by atoms with van der Waals surface area (Å²) in [5.74, 6) is -0.563. The molecular formula is C27H20BrN3O2S. The van der Waals surface area contributed by atoms with Crippen LogP contribution in [0.2, 0.25) is 0 Å². The number of nitrogens with one attached hydrogen (secondary N) is 1. The van der Waals surface area contributed by atoms with Gasteiger partial charge in [-0.3, -0.25) is 14.2 Å². The van der Waals surface area contributed by atoms with Crippen LogP contribution < -0.4 is 20.1 Å². The molecule has 4 aromatic rings. The van der Waals surface area contributed by atoms with Gasteiger partial charge >= 0.3 is 0 Å². The second kappa shape index (κ2) is 10.0. The molecule has 1 N–H and O–H groups in total. The van der Waals surface area contributed by atoms with Crippen LogP contribution in [0, 0.1) is 25.2 Å². The summed E-state index contributed by atoms with van der Waals surface area (Å²) in [6, 6.07) is 24.3. The number of nitrogens with zero attached hydrogens (tertiary/aromatic N) is 2. The molecule has 1 heterocycles. The predicted octanol–water partition coefficient (Wildman–Crippen LogP) is 4.42. The first-order chi connectivity index (χ1) is 16.4. The van der Waals surface area contributed by atoms with Crippen molar-refractivity contribution in [2.24, 2.45) is 0 Å². The molecule has 0 spiro atoms. The van der Waals surface area contributed by atoms with E-state index >= 15 is 0 Å². The van der Waals surface area contributed by atoms with Crippen molar-refractivity contribution < 1.29 is 4.79 Å². The molecule has 0 saturated heterocycles. The first-order valence-corrected chi connectivity index (χ1v) is 12.1. The van der Waals surface area contributed by atoms with E-state index in [4.69, 9.17) is 0 Å². The first kappa shape index (κ1) is 23.4. The summed E-state index contributed by atoms with van der Waals surface area (Å²) in [6.07, 6.45) is 1.76. The molecule has 0 unspecified atom stereocenters. The van der Waals surface area contributed by atoms with E-state index < -0.39 is 5.91 Å². The third-order valence-electron chi connectivity index (χ3n) is 5.02. The molecule has 1 amide bonds. The summed E-state index contributed by atoms with van der Waals surface area (Å²) in [7, 11) is 0. The van der Waals surface area contributed by atoms with Crippen molar-refractivity contribution in [1.29, 1.82) is 5.26 Å². The molecular weight excluding hydrogens is 510 g/mol. The van der Waals surface area contributed by atoms with E-state index in [1.54, 1.807) is 18.2 Å². The van der Waals surface area contributed by atoms with Crippen LogP contribution in [-0.4, -0.2) is 10.5 Å². The van der Waals surface area contributed by atoms with Gasteiger partial charge in [0.2, 0.25) is 0 Å². The molecule has 0 bridgehead atoms. The quantitative estimate of drug-likeness (QED) is 0.425. The number of para-hydroxylation sites is 1. The lowest BCUT2D eigenvalue weighted by molar-refractivity contribution is -0.111. The van der Waals surface area contributed by atoms with E-state index in [0.717, 1.165) is 32.5 Å². The van der Waals surface area contributed by atoms with Gasteiger partial charge in [-0.2, -0.15) is 5.26 Å². The molecule has 0 aliphatic heterocycles. The van der Waals surface area contributed by atoms with Crippen molar-refractivity contribution in [3.63, 3.8) is 0 Å². The minimum Gasteiger partial charge on any atom is -0.321 e. The highest BCUT2D eigenvalue weighted by molar-refractivity contribution is 9.10. The lowest BCUT2D eigenvalue weighted by atomic mass is 10.1. The average molecular weight is 530 g/mol. The van der Waals surface area contributed by atoms with Crippen LogP contribution in [0.25, 0.3) is 17.3 Å². The second-order valence-corrected chi connectivity index (χ2v) is 9.71. The van der Waals surface area contributed by atoms with E-state index in [1.165, 1.54) is 4.57 Å². The smallest absolute Gasteiger partial charge is 0.273 e. The number of aromatic nitrogens is 1. The lowest BCUT2D eigenvalue weighted by Gasteiger charge is -2.07. The molecule has 0 saturated carbocycles. The van der Waals surface area contributed by atoms with Crippen LogP contribution in [0.1, 0.15) is 16.7 Å². The highest BCUT2D eigenvalue weighted by Gasteiger charge is 2.17. The molecule has 4 rings (SSSR count). The van der Waals surface area contributed by atoms with Gasteiger partial charge in [-0.1, -0.05) is 52.3 Å². The standard InChI is InChI=1S/C27H20BrN3O2S/c1-17-11-18(2)13-21(12-17)30-25(32)23(16-29)27-31(22-9-4-3-5-10-22)26(33)24(34-27)15-19-7-6-8-20(28)14-19/h3-15H,1-2H3,(H,30,32)/b24-15+,27-23-. The number of hydrogen-bond donors (Lipinski definition) is 1. The molecule has 1 aromatic heterocycles. The number of amides is 1. The largest absolute Gasteiger partial charge is 0.321 e. The molecule has 5 nitrogen and oxygen atoms in total. The van der Waals surface area contributed by atoms with Crippen LogP contribution in [-0.2, 0) is 4.79 Å². The van der Waals surface area contributed by atoms with Crippen molar-refractivity contribution in [2.45, 2.75) is 13.8 Å². The van der Waals surface area contributed by atoms with Gasteiger partial charge in [-0.25, -0.2) is 0 Å². The molecule has 34 heavy (non-hydrogen) atoms. The minimum absolute atomic E-state index is 0.126. The summed E-state index contributed by atoms with van der Waals surface area (Å²) in [5, 5.41) is 12.8. The summed E-state index contributed by atoms with van der Waals surface area (Å²) in [5.41, 5.74) is 3.59. The maximum atomic E-state index is 13.4. The summed E-state index contributed by atoms with van der Waals surface area (Å²) in [6.45, 7) is 3.88. The van der Waals surface area contributed by atoms with Gasteiger partial charge in [0.05, 0.1) is 10.2 Å². The number of benzene rings is 3. The van der Waals surface area contributed by atoms with E-state index in [2.05, 4.69) is 21.2 Å². The van der Waals surface area contributed by atoms with Gasteiger partial charge in [0.15, 0.2) is 5.57 Å². The zero-order valence-electron chi connectivity index (χ0n) is 18.5. The Labute approximate surface area is 209 Å². The maximum absolute atomic E-state index is 13.4. The summed E-state index contributed by atoms with van der Waals surface area (Å²) in [4.78, 5) is 26.6. The number of hydrogen-bond acceptors (Lipinski definition) is 4. The number of halogens is 1. The summed E-state index contributed by atoms with van der Waals surface area (Å²) >= 11 is 4.56. The Morgan fingerprint density at radius 1 is 1.03 bits per heavy atom. The number of thiazole rings is 1. The van der Waals surface area contributed by atoms with Crippen molar-refractivity contribution >= 4 is 50.5 Å². The Kier molecular flexibility index (Phi) is 6.92. The third kappa shape index (κ3) is 5.09. The van der Waals surface area contributed by atoms with Gasteiger partial charge in [0.25, 0.3) is 11.5 Å². The fraction of sp³-hybridized carbons (Fsp3) is 0.0741. The number of carbonyl (C=O) groups is 1. The van der Waals surface area contributed by atoms with E-state index in [0.29, 0.717) is 15.9 Å². The molecule has 168 valence electrons. The zero-order valence-corrected chi connectivity index (χ0v) is 20.9. The fourth-order valence-electron chi connectivity index (χ4n) is 3.65. The van der Waals surface area contributed by atoms with Crippen LogP contribution in [0.4, 0.5) is 5.69 Å². The van der Waals surface area contributed by atoms with Crippen molar-refractivity contribution in [1.82, 2.24) is 4.57 Å². The van der Waals surface area contributed by atoms with Crippen LogP contribution in [0.3, 0.4) is 0 Å². The number of aryl methyl sites for hydroxylation is 2. The van der Waals surface area contributed by atoms with Gasteiger partial charge < -0.3 is 5.32 Å². The number of carbonyl (C=O) groups excluding carboxylic acids is 1. The monoisotopic (exact) mass is 529 g/mol. The van der Waals surface area contributed by atoms with Gasteiger partial charge in [-0.15, -0.1) is 11.3 Å². The molecule has 0 fully saturated rings. The van der Waals surface area contributed by atoms with Crippen LogP contribution in [0.5, 0.6) is 0 Å². The molecule has 0 radical (unpaired) electrons. The van der Waals surface area contributed by atoms with Crippen molar-refractivity contribution in [3.8, 4) is 11.8 Å². The average Bonchev–Trinajstić information content (AvgIpc) is 3.09. The topological polar surface area (TPSA) is 74.9 Å². The van der Waals surface area contributed by atoms with Crippen LogP contribution in [0.15, 0.2) is 82.1 Å². The Morgan fingerprint density at radius 3 is 2.38 bits per heavy atom. The Balaban J connectivity index is 1.95. The second-order valence-electron chi connectivity index (χ2n) is 7.76. The predicted molar refractivity (Wildman–Crippen MR) is 140 cm³/mol. The lowest BCUT2D eigenvalue weighted by Crippen LogP contribution is -2.32. The van der Waals surface area contributed by atoms with Gasteiger partial charge in [-0.05, 0) is 73.0 Å². The SMILES string of the molecule is Cc1cc(C)cc(NC(=O)/C(C#N)=c2\s/c(=C/c3cccc(Br)c3)c(=O)n2-c2ccccc2)c1. The Bertz CT molecular complexity index is 1590. The number of nitriles is 1. The van der Waals surface area contributed by atoms with E-state index in [-0.39, 0.29) is 15.8 Å². The van der Waals surface area contributed by atoms with E-state index in [9.17, 15) is 14.9 Å². The Hall–Kier alpha value is -3.73. The minimum atomic E-state index is -0.563. The molecule has 7 heteroatoms. The maximum Gasteiger partial charge on any atom is 0.273 e. The molecule has 3 aromatic carbocycles.